The molecule has 3 aliphatic carbocycles. The van der Waals surface area contributed by atoms with Crippen molar-refractivity contribution in [2.45, 2.75) is 37.9 Å². The quantitative estimate of drug-likeness (QED) is 0.377. The first-order chi connectivity index (χ1) is 17.8. The maximum Gasteiger partial charge on any atom is 0.308 e. The van der Waals surface area contributed by atoms with Crippen LogP contribution in [0.2, 0.25) is 0 Å². The number of carboxylic acids is 1. The highest BCUT2D eigenvalue weighted by Gasteiger charge is 2.48. The Kier molecular flexibility index (Phi) is 5.74. The lowest BCUT2D eigenvalue weighted by Gasteiger charge is -2.48. The molecule has 7 rings (SSSR count). The van der Waals surface area contributed by atoms with Gasteiger partial charge in [-0.25, -0.2) is 27.5 Å². The number of rotatable bonds is 5. The van der Waals surface area contributed by atoms with Crippen LogP contribution in [0, 0.1) is 35.2 Å². The van der Waals surface area contributed by atoms with Gasteiger partial charge in [0.25, 0.3) is 0 Å². The van der Waals surface area contributed by atoms with Crippen molar-refractivity contribution in [2.75, 3.05) is 0 Å². The van der Waals surface area contributed by atoms with Gasteiger partial charge in [-0.1, -0.05) is 0 Å². The van der Waals surface area contributed by atoms with Crippen molar-refractivity contribution >= 4 is 28.5 Å². The predicted octanol–water partition coefficient (Wildman–Crippen LogP) is 4.47. The largest absolute Gasteiger partial charge is 0.481 e. The van der Waals surface area contributed by atoms with Gasteiger partial charge in [-0.2, -0.15) is 0 Å². The average Bonchev–Trinajstić information content (AvgIpc) is 3.30. The van der Waals surface area contributed by atoms with Crippen LogP contribution >= 0.6 is 0 Å². The van der Waals surface area contributed by atoms with Crippen LogP contribution in [0.4, 0.5) is 17.6 Å². The van der Waals surface area contributed by atoms with E-state index in [4.69, 9.17) is 0 Å². The van der Waals surface area contributed by atoms with E-state index in [1.54, 1.807) is 0 Å². The summed E-state index contributed by atoms with van der Waals surface area (Å²) < 4.78 is 57.6. The molecule has 4 N–H and O–H groups in total. The molecule has 3 aromatic rings. The normalized spacial score (nSPS) is 27.4. The number of carboxylic acid groups (broad SMARTS) is 1. The number of hydrogen-bond donors (Lipinski definition) is 4. The van der Waals surface area contributed by atoms with Gasteiger partial charge >= 0.3 is 5.97 Å². The SMILES string of the molecule is O=C(O)C1C2CCC(CC2)C1NC1NC(c2c[nH]c3ncc(F)cc23)=NC(c2ccc(F)c(F)c2)=C1F. The summed E-state index contributed by atoms with van der Waals surface area (Å²) in [5, 5.41) is 16.5. The molecule has 3 saturated carbocycles. The van der Waals surface area contributed by atoms with Crippen molar-refractivity contribution in [3.05, 3.63) is 71.1 Å². The number of aromatic nitrogens is 2. The summed E-state index contributed by atoms with van der Waals surface area (Å²) in [6.07, 6.45) is 4.71. The second kappa shape index (κ2) is 8.98. The van der Waals surface area contributed by atoms with Crippen molar-refractivity contribution < 1.29 is 27.5 Å². The average molecular weight is 513 g/mol. The monoisotopic (exact) mass is 513 g/mol. The summed E-state index contributed by atoms with van der Waals surface area (Å²) in [4.78, 5) is 23.4. The fraction of sp³-hybridized carbons (Fsp3) is 0.346. The Balaban J connectivity index is 1.44. The van der Waals surface area contributed by atoms with Crippen molar-refractivity contribution in [3.8, 4) is 0 Å². The zero-order chi connectivity index (χ0) is 25.8. The van der Waals surface area contributed by atoms with Gasteiger partial charge in [0.05, 0.1) is 12.1 Å². The van der Waals surface area contributed by atoms with E-state index >= 15 is 4.39 Å². The number of nitrogens with one attached hydrogen (secondary N) is 3. The molecule has 3 fully saturated rings. The van der Waals surface area contributed by atoms with Crippen LogP contribution in [0.15, 0.2) is 47.5 Å². The Morgan fingerprint density at radius 2 is 1.78 bits per heavy atom. The summed E-state index contributed by atoms with van der Waals surface area (Å²) in [5.41, 5.74) is 0.537. The van der Waals surface area contributed by atoms with Gasteiger partial charge in [-0.05, 0) is 61.8 Å². The molecule has 3 unspecified atom stereocenters. The summed E-state index contributed by atoms with van der Waals surface area (Å²) in [6, 6.07) is 3.72. The molecule has 4 aliphatic rings. The van der Waals surface area contributed by atoms with Gasteiger partial charge in [0.15, 0.2) is 17.5 Å². The lowest BCUT2D eigenvalue weighted by molar-refractivity contribution is -0.150. The van der Waals surface area contributed by atoms with Crippen LogP contribution < -0.4 is 10.6 Å². The van der Waals surface area contributed by atoms with Crippen molar-refractivity contribution in [1.82, 2.24) is 20.6 Å². The number of aliphatic imine (C=N–C) groups is 1. The molecule has 2 bridgehead atoms. The van der Waals surface area contributed by atoms with Gasteiger partial charge in [-0.3, -0.25) is 10.1 Å². The summed E-state index contributed by atoms with van der Waals surface area (Å²) >= 11 is 0. The van der Waals surface area contributed by atoms with E-state index in [0.29, 0.717) is 16.6 Å². The number of amidine groups is 1. The van der Waals surface area contributed by atoms with Gasteiger partial charge in [0.1, 0.15) is 29.2 Å². The Bertz CT molecular complexity index is 1460. The first-order valence-electron chi connectivity index (χ1n) is 12.1. The van der Waals surface area contributed by atoms with Gasteiger partial charge in [0.2, 0.25) is 0 Å². The minimum Gasteiger partial charge on any atom is -0.481 e. The summed E-state index contributed by atoms with van der Waals surface area (Å²) in [7, 11) is 0. The zero-order valence-corrected chi connectivity index (χ0v) is 19.4. The zero-order valence-electron chi connectivity index (χ0n) is 19.4. The van der Waals surface area contributed by atoms with Crippen molar-refractivity contribution in [2.24, 2.45) is 22.7 Å². The molecule has 0 saturated heterocycles. The molecule has 1 aromatic carbocycles. The lowest BCUT2D eigenvalue weighted by atomic mass is 9.61. The molecule has 3 atom stereocenters. The Hall–Kier alpha value is -3.73. The number of halogens is 4. The molecule has 1 aliphatic heterocycles. The maximum absolute atomic E-state index is 16.0. The minimum atomic E-state index is -1.20. The van der Waals surface area contributed by atoms with E-state index in [1.807, 2.05) is 0 Å². The van der Waals surface area contributed by atoms with Gasteiger partial charge in [0, 0.05) is 28.8 Å². The highest BCUT2D eigenvalue weighted by atomic mass is 19.2. The number of pyridine rings is 1. The molecule has 11 heteroatoms. The van der Waals surface area contributed by atoms with Crippen molar-refractivity contribution in [3.63, 3.8) is 0 Å². The molecular weight excluding hydrogens is 490 g/mol. The Labute approximate surface area is 208 Å². The van der Waals surface area contributed by atoms with Crippen LogP contribution in [-0.2, 0) is 4.79 Å². The van der Waals surface area contributed by atoms with Crippen molar-refractivity contribution in [1.29, 1.82) is 0 Å². The van der Waals surface area contributed by atoms with E-state index in [0.717, 1.165) is 44.0 Å². The van der Waals surface area contributed by atoms with E-state index in [2.05, 4.69) is 25.6 Å². The fourth-order valence-corrected chi connectivity index (χ4v) is 6.04. The number of benzene rings is 1. The van der Waals surface area contributed by atoms with Crippen LogP contribution in [-0.4, -0.2) is 39.1 Å². The minimum absolute atomic E-state index is 0.00268. The molecule has 0 amide bonds. The number of fused-ring (bicyclic) bond motifs is 4. The first-order valence-corrected chi connectivity index (χ1v) is 12.1. The first kappa shape index (κ1) is 23.7. The molecule has 7 nitrogen and oxygen atoms in total. The standard InChI is InChI=1S/C26H23F4N5O2/c27-14-8-15-16(10-32-23(15)31-9-14)24-34-22(13-5-6-17(28)18(29)7-13)20(30)25(35-24)33-21-12-3-1-11(2-4-12)19(21)26(36)37/h5-12,19,21,25,33H,1-4H2,(H,31,32)(H,34,35)(H,36,37). The number of aromatic amines is 1. The fourth-order valence-electron chi connectivity index (χ4n) is 6.04. The van der Waals surface area contributed by atoms with Crippen LogP contribution in [0.3, 0.4) is 0 Å². The molecular formula is C26H23F4N5O2. The maximum atomic E-state index is 16.0. The molecule has 2 aromatic heterocycles. The molecule has 192 valence electrons. The third-order valence-electron chi connectivity index (χ3n) is 7.79. The highest BCUT2D eigenvalue weighted by Crippen LogP contribution is 2.46. The van der Waals surface area contributed by atoms with Gasteiger partial charge in [-0.15, -0.1) is 0 Å². The Morgan fingerprint density at radius 3 is 2.51 bits per heavy atom. The van der Waals surface area contributed by atoms with Crippen LogP contribution in [0.1, 0.15) is 36.8 Å². The Morgan fingerprint density at radius 1 is 1.03 bits per heavy atom. The smallest absolute Gasteiger partial charge is 0.308 e. The van der Waals surface area contributed by atoms with E-state index < -0.39 is 47.4 Å². The molecule has 0 spiro atoms. The van der Waals surface area contributed by atoms with Crippen LogP contribution in [0.5, 0.6) is 0 Å². The third kappa shape index (κ3) is 4.07. The van der Waals surface area contributed by atoms with E-state index in [-0.39, 0.29) is 28.9 Å². The third-order valence-corrected chi connectivity index (χ3v) is 7.79. The second-order valence-corrected chi connectivity index (χ2v) is 9.85. The molecule has 0 radical (unpaired) electrons. The molecule has 37 heavy (non-hydrogen) atoms. The number of nitrogens with zero attached hydrogens (tertiary/aromatic N) is 2. The second-order valence-electron chi connectivity index (χ2n) is 9.85. The lowest BCUT2D eigenvalue weighted by Crippen LogP contribution is -2.61. The predicted molar refractivity (Wildman–Crippen MR) is 127 cm³/mol. The molecule has 3 heterocycles. The van der Waals surface area contributed by atoms with E-state index in [9.17, 15) is 23.1 Å². The number of carbonyl (C=O) groups is 1. The summed E-state index contributed by atoms with van der Waals surface area (Å²) in [5.74, 6) is -5.02. The number of H-pyrrole nitrogens is 1. The van der Waals surface area contributed by atoms with Crippen LogP contribution in [0.25, 0.3) is 16.7 Å². The number of aliphatic carboxylic acids is 1. The van der Waals surface area contributed by atoms with Gasteiger partial charge < -0.3 is 15.4 Å². The topological polar surface area (TPSA) is 102 Å². The summed E-state index contributed by atoms with van der Waals surface area (Å²) in [6.45, 7) is 0. The highest BCUT2D eigenvalue weighted by molar-refractivity contribution is 6.11. The number of hydrogen-bond acceptors (Lipinski definition) is 5. The van der Waals surface area contributed by atoms with E-state index in [1.165, 1.54) is 18.3 Å².